The number of likely N-dealkylation sites (N-methyl/N-ethyl adjacent to an activating group) is 1. The molecule has 6 heteroatoms. The quantitative estimate of drug-likeness (QED) is 0.800. The van der Waals surface area contributed by atoms with Crippen molar-refractivity contribution in [2.45, 2.75) is 38.3 Å². The van der Waals surface area contributed by atoms with Crippen molar-refractivity contribution in [3.8, 4) is 0 Å². The lowest BCUT2D eigenvalue weighted by Crippen LogP contribution is -2.46. The number of carbonyl (C=O) groups is 1. The number of hydrogen-bond acceptors (Lipinski definition) is 5. The lowest BCUT2D eigenvalue weighted by molar-refractivity contribution is 0.0786. The molecule has 0 spiro atoms. The van der Waals surface area contributed by atoms with Crippen molar-refractivity contribution >= 4 is 11.7 Å². The third-order valence-electron chi connectivity index (χ3n) is 5.85. The summed E-state index contributed by atoms with van der Waals surface area (Å²) in [7, 11) is 2.19. The molecule has 0 aliphatic carbocycles. The number of nitrogens with zero attached hydrogens (tertiary/aromatic N) is 5. The van der Waals surface area contributed by atoms with Crippen LogP contribution in [0.5, 0.6) is 0 Å². The van der Waals surface area contributed by atoms with Gasteiger partial charge in [-0.15, -0.1) is 0 Å². The Hall–Kier alpha value is -2.47. The molecule has 0 bridgehead atoms. The van der Waals surface area contributed by atoms with Gasteiger partial charge in [0.1, 0.15) is 11.5 Å². The SMILES string of the molecule is CN(Cc1ccccc1)[C@H]1CCCN(c2cncc(C(=O)N3CCCC3)n2)C1. The molecular formula is C22H29N5O. The monoisotopic (exact) mass is 379 g/mol. The Morgan fingerprint density at radius 1 is 1.11 bits per heavy atom. The molecule has 0 N–H and O–H groups in total. The number of piperidine rings is 1. The molecule has 1 aromatic heterocycles. The van der Waals surface area contributed by atoms with Gasteiger partial charge in [-0.05, 0) is 38.3 Å². The molecule has 2 aromatic rings. The number of rotatable bonds is 5. The van der Waals surface area contributed by atoms with E-state index >= 15 is 0 Å². The van der Waals surface area contributed by atoms with Crippen molar-refractivity contribution < 1.29 is 4.79 Å². The molecule has 1 aromatic carbocycles. The second kappa shape index (κ2) is 8.69. The number of carbonyl (C=O) groups excluding carboxylic acids is 1. The zero-order valence-electron chi connectivity index (χ0n) is 16.6. The summed E-state index contributed by atoms with van der Waals surface area (Å²) in [5, 5.41) is 0. The van der Waals surface area contributed by atoms with Crippen LogP contribution in [0.15, 0.2) is 42.7 Å². The molecule has 3 heterocycles. The Morgan fingerprint density at radius 2 is 1.89 bits per heavy atom. The van der Waals surface area contributed by atoms with Crippen LogP contribution in [0.3, 0.4) is 0 Å². The molecule has 4 rings (SSSR count). The Kier molecular flexibility index (Phi) is 5.86. The van der Waals surface area contributed by atoms with Crippen molar-refractivity contribution in [2.24, 2.45) is 0 Å². The topological polar surface area (TPSA) is 52.6 Å². The number of hydrogen-bond donors (Lipinski definition) is 0. The van der Waals surface area contributed by atoms with Gasteiger partial charge in [0.2, 0.25) is 0 Å². The largest absolute Gasteiger partial charge is 0.354 e. The van der Waals surface area contributed by atoms with Gasteiger partial charge >= 0.3 is 0 Å². The Morgan fingerprint density at radius 3 is 2.68 bits per heavy atom. The molecule has 0 radical (unpaired) electrons. The molecule has 2 aliphatic rings. The molecule has 1 atom stereocenters. The third-order valence-corrected chi connectivity index (χ3v) is 5.85. The summed E-state index contributed by atoms with van der Waals surface area (Å²) in [6.45, 7) is 4.49. The molecule has 1 amide bonds. The first-order valence-corrected chi connectivity index (χ1v) is 10.3. The van der Waals surface area contributed by atoms with E-state index in [1.807, 2.05) is 4.90 Å². The van der Waals surface area contributed by atoms with E-state index < -0.39 is 0 Å². The van der Waals surface area contributed by atoms with Gasteiger partial charge in [0, 0.05) is 38.8 Å². The standard InChI is InChI=1S/C22H29N5O/c1-25(16-18-8-3-2-4-9-18)19-10-7-13-27(17-19)21-15-23-14-20(24-21)22(28)26-11-5-6-12-26/h2-4,8-9,14-15,19H,5-7,10-13,16-17H2,1H3/t19-/m0/s1. The molecule has 148 valence electrons. The zero-order chi connectivity index (χ0) is 19.3. The third kappa shape index (κ3) is 4.33. The van der Waals surface area contributed by atoms with Gasteiger partial charge in [0.05, 0.1) is 12.4 Å². The predicted octanol–water partition coefficient (Wildman–Crippen LogP) is 2.81. The maximum atomic E-state index is 12.7. The van der Waals surface area contributed by atoms with E-state index in [1.165, 1.54) is 12.0 Å². The molecule has 2 fully saturated rings. The second-order valence-electron chi connectivity index (χ2n) is 7.90. The van der Waals surface area contributed by atoms with E-state index in [9.17, 15) is 4.79 Å². The number of benzene rings is 1. The maximum Gasteiger partial charge on any atom is 0.274 e. The summed E-state index contributed by atoms with van der Waals surface area (Å²) in [5.74, 6) is 0.837. The first-order chi connectivity index (χ1) is 13.7. The first kappa shape index (κ1) is 18.9. The highest BCUT2D eigenvalue weighted by Gasteiger charge is 2.26. The minimum Gasteiger partial charge on any atom is -0.354 e. The van der Waals surface area contributed by atoms with Crippen LogP contribution >= 0.6 is 0 Å². The lowest BCUT2D eigenvalue weighted by atomic mass is 10.0. The Balaban J connectivity index is 1.42. The maximum absolute atomic E-state index is 12.7. The normalized spacial score (nSPS) is 20.0. The molecule has 28 heavy (non-hydrogen) atoms. The lowest BCUT2D eigenvalue weighted by Gasteiger charge is -2.38. The fourth-order valence-corrected chi connectivity index (χ4v) is 4.22. The fourth-order valence-electron chi connectivity index (χ4n) is 4.22. The minimum atomic E-state index is 0.0154. The molecular weight excluding hydrogens is 350 g/mol. The van der Waals surface area contributed by atoms with Crippen molar-refractivity contribution in [3.05, 3.63) is 54.0 Å². The average Bonchev–Trinajstić information content (AvgIpc) is 3.29. The van der Waals surface area contributed by atoms with Crippen molar-refractivity contribution in [3.63, 3.8) is 0 Å². The van der Waals surface area contributed by atoms with Gasteiger partial charge in [-0.1, -0.05) is 30.3 Å². The van der Waals surface area contributed by atoms with E-state index in [0.717, 1.165) is 57.8 Å². The summed E-state index contributed by atoms with van der Waals surface area (Å²) in [5.41, 5.74) is 1.80. The molecule has 0 saturated carbocycles. The van der Waals surface area contributed by atoms with E-state index in [-0.39, 0.29) is 5.91 Å². The summed E-state index contributed by atoms with van der Waals surface area (Å²) in [6, 6.07) is 11.1. The smallest absolute Gasteiger partial charge is 0.274 e. The molecule has 6 nitrogen and oxygen atoms in total. The van der Waals surface area contributed by atoms with Crippen molar-refractivity contribution in [2.75, 3.05) is 38.1 Å². The van der Waals surface area contributed by atoms with Crippen LogP contribution in [0.4, 0.5) is 5.82 Å². The van der Waals surface area contributed by atoms with Crippen LogP contribution in [0.25, 0.3) is 0 Å². The number of amides is 1. The van der Waals surface area contributed by atoms with E-state index in [2.05, 4.69) is 57.1 Å². The van der Waals surface area contributed by atoms with Crippen LogP contribution in [0.2, 0.25) is 0 Å². The van der Waals surface area contributed by atoms with Crippen LogP contribution in [-0.2, 0) is 6.54 Å². The van der Waals surface area contributed by atoms with Crippen LogP contribution < -0.4 is 4.90 Å². The van der Waals surface area contributed by atoms with Crippen LogP contribution in [-0.4, -0.2) is 64.9 Å². The average molecular weight is 380 g/mol. The first-order valence-electron chi connectivity index (χ1n) is 10.3. The van der Waals surface area contributed by atoms with E-state index in [1.54, 1.807) is 12.4 Å². The minimum absolute atomic E-state index is 0.0154. The van der Waals surface area contributed by atoms with E-state index in [4.69, 9.17) is 0 Å². The number of likely N-dealkylation sites (tertiary alicyclic amines) is 1. The highest BCUT2D eigenvalue weighted by Crippen LogP contribution is 2.22. The van der Waals surface area contributed by atoms with Crippen LogP contribution in [0.1, 0.15) is 41.7 Å². The van der Waals surface area contributed by atoms with E-state index in [0.29, 0.717) is 11.7 Å². The van der Waals surface area contributed by atoms with Gasteiger partial charge in [-0.2, -0.15) is 0 Å². The zero-order valence-corrected chi connectivity index (χ0v) is 16.6. The van der Waals surface area contributed by atoms with Gasteiger partial charge in [0.15, 0.2) is 0 Å². The highest BCUT2D eigenvalue weighted by atomic mass is 16.2. The van der Waals surface area contributed by atoms with Crippen LogP contribution in [0, 0.1) is 0 Å². The van der Waals surface area contributed by atoms with Crippen molar-refractivity contribution in [1.29, 1.82) is 0 Å². The summed E-state index contributed by atoms with van der Waals surface area (Å²) >= 11 is 0. The molecule has 0 unspecified atom stereocenters. The Bertz CT molecular complexity index is 791. The van der Waals surface area contributed by atoms with Gasteiger partial charge in [0.25, 0.3) is 5.91 Å². The summed E-state index contributed by atoms with van der Waals surface area (Å²) in [6.07, 6.45) is 7.86. The fraction of sp³-hybridized carbons (Fsp3) is 0.500. The number of anilines is 1. The molecule has 2 saturated heterocycles. The Labute approximate surface area is 167 Å². The van der Waals surface area contributed by atoms with Gasteiger partial charge in [-0.3, -0.25) is 14.7 Å². The van der Waals surface area contributed by atoms with Gasteiger partial charge in [-0.25, -0.2) is 4.98 Å². The molecule has 2 aliphatic heterocycles. The highest BCUT2D eigenvalue weighted by molar-refractivity contribution is 5.92. The van der Waals surface area contributed by atoms with Gasteiger partial charge < -0.3 is 9.80 Å². The summed E-state index contributed by atoms with van der Waals surface area (Å²) in [4.78, 5) is 28.2. The summed E-state index contributed by atoms with van der Waals surface area (Å²) < 4.78 is 0. The van der Waals surface area contributed by atoms with Crippen molar-refractivity contribution in [1.82, 2.24) is 19.8 Å². The predicted molar refractivity (Wildman–Crippen MR) is 110 cm³/mol. The number of aromatic nitrogens is 2. The second-order valence-corrected chi connectivity index (χ2v) is 7.90.